The van der Waals surface area contributed by atoms with E-state index in [1.165, 1.54) is 6.20 Å². The third kappa shape index (κ3) is 4.11. The van der Waals surface area contributed by atoms with Crippen LogP contribution in [0, 0.1) is 0 Å². The summed E-state index contributed by atoms with van der Waals surface area (Å²) in [7, 11) is 0. The van der Waals surface area contributed by atoms with Crippen molar-refractivity contribution in [3.63, 3.8) is 0 Å². The van der Waals surface area contributed by atoms with Gasteiger partial charge in [0.25, 0.3) is 5.91 Å². The fourth-order valence-electron chi connectivity index (χ4n) is 1.48. The fraction of sp³-hybridized carbons (Fsp3) is 0.143. The molecule has 0 aliphatic carbocycles. The zero-order valence-electron chi connectivity index (χ0n) is 10.6. The van der Waals surface area contributed by atoms with Gasteiger partial charge in [0.05, 0.1) is 5.02 Å². The minimum atomic E-state index is -0.675. The van der Waals surface area contributed by atoms with Crippen LogP contribution in [0.4, 0.5) is 5.82 Å². The van der Waals surface area contributed by atoms with Gasteiger partial charge in [-0.3, -0.25) is 4.79 Å². The second-order valence-electron chi connectivity index (χ2n) is 4.07. The Labute approximate surface area is 126 Å². The molecule has 1 atom stereocenters. The van der Waals surface area contributed by atoms with Crippen molar-refractivity contribution in [1.82, 2.24) is 4.98 Å². The van der Waals surface area contributed by atoms with Gasteiger partial charge in [-0.2, -0.15) is 0 Å². The van der Waals surface area contributed by atoms with Crippen molar-refractivity contribution >= 4 is 34.9 Å². The number of nitrogens with one attached hydrogen (secondary N) is 1. The van der Waals surface area contributed by atoms with Gasteiger partial charge in [0.2, 0.25) is 0 Å². The van der Waals surface area contributed by atoms with Crippen LogP contribution >= 0.6 is 23.2 Å². The average molecular weight is 311 g/mol. The number of anilines is 1. The number of nitrogens with zero attached hydrogens (tertiary/aromatic N) is 1. The second kappa shape index (κ2) is 6.59. The van der Waals surface area contributed by atoms with Crippen LogP contribution in [0.25, 0.3) is 0 Å². The standard InChI is InChI=1S/C14H12Cl2N2O2/c1-9(20-12-4-2-3-10(15)7-12)14(19)18-13-6-5-11(16)8-17-13/h2-9H,1H3,(H,17,18,19)/t9-/m0/s1. The molecule has 20 heavy (non-hydrogen) atoms. The van der Waals surface area contributed by atoms with Gasteiger partial charge in [-0.05, 0) is 37.3 Å². The van der Waals surface area contributed by atoms with E-state index in [2.05, 4.69) is 10.3 Å². The lowest BCUT2D eigenvalue weighted by molar-refractivity contribution is -0.122. The molecule has 0 bridgehead atoms. The van der Waals surface area contributed by atoms with E-state index < -0.39 is 6.10 Å². The molecular weight excluding hydrogens is 299 g/mol. The van der Waals surface area contributed by atoms with E-state index >= 15 is 0 Å². The molecule has 1 aromatic heterocycles. The summed E-state index contributed by atoms with van der Waals surface area (Å²) < 4.78 is 5.50. The summed E-state index contributed by atoms with van der Waals surface area (Å²) in [5, 5.41) is 3.69. The zero-order valence-corrected chi connectivity index (χ0v) is 12.2. The number of carbonyl (C=O) groups excluding carboxylic acids is 1. The van der Waals surface area contributed by atoms with Crippen molar-refractivity contribution < 1.29 is 9.53 Å². The third-order valence-electron chi connectivity index (χ3n) is 2.46. The normalized spacial score (nSPS) is 11.8. The Morgan fingerprint density at radius 2 is 2.05 bits per heavy atom. The number of aromatic nitrogens is 1. The molecule has 0 aliphatic heterocycles. The maximum atomic E-state index is 11.9. The summed E-state index contributed by atoms with van der Waals surface area (Å²) in [6, 6.07) is 10.1. The van der Waals surface area contributed by atoms with Crippen LogP contribution in [0.5, 0.6) is 5.75 Å². The van der Waals surface area contributed by atoms with Gasteiger partial charge in [-0.1, -0.05) is 29.3 Å². The third-order valence-corrected chi connectivity index (χ3v) is 2.92. The first-order chi connectivity index (χ1) is 9.54. The minimum absolute atomic E-state index is 0.306. The van der Waals surface area contributed by atoms with Crippen LogP contribution in [0.15, 0.2) is 42.6 Å². The highest BCUT2D eigenvalue weighted by Gasteiger charge is 2.15. The molecule has 0 spiro atoms. The summed E-state index contributed by atoms with van der Waals surface area (Å²) in [5.74, 6) is 0.643. The predicted octanol–water partition coefficient (Wildman–Crippen LogP) is 3.79. The Morgan fingerprint density at radius 1 is 1.25 bits per heavy atom. The van der Waals surface area contributed by atoms with E-state index in [0.717, 1.165) is 0 Å². The lowest BCUT2D eigenvalue weighted by Gasteiger charge is -2.14. The predicted molar refractivity (Wildman–Crippen MR) is 79.4 cm³/mol. The Hall–Kier alpha value is -1.78. The number of hydrogen-bond donors (Lipinski definition) is 1. The number of benzene rings is 1. The highest BCUT2D eigenvalue weighted by Crippen LogP contribution is 2.18. The summed E-state index contributed by atoms with van der Waals surface area (Å²) in [4.78, 5) is 15.9. The fourth-order valence-corrected chi connectivity index (χ4v) is 1.77. The molecule has 4 nitrogen and oxygen atoms in total. The highest BCUT2D eigenvalue weighted by atomic mass is 35.5. The quantitative estimate of drug-likeness (QED) is 0.934. The SMILES string of the molecule is C[C@H](Oc1cccc(Cl)c1)C(=O)Nc1ccc(Cl)cn1. The van der Waals surface area contributed by atoms with Gasteiger partial charge in [0, 0.05) is 11.2 Å². The maximum absolute atomic E-state index is 11.9. The summed E-state index contributed by atoms with van der Waals surface area (Å²) in [6.45, 7) is 1.64. The first kappa shape index (κ1) is 14.6. The molecule has 2 rings (SSSR count). The van der Waals surface area contributed by atoms with Crippen molar-refractivity contribution in [2.75, 3.05) is 5.32 Å². The summed E-state index contributed by atoms with van der Waals surface area (Å²) in [5.41, 5.74) is 0. The molecular formula is C14H12Cl2N2O2. The molecule has 1 amide bonds. The van der Waals surface area contributed by atoms with Crippen molar-refractivity contribution in [2.45, 2.75) is 13.0 Å². The van der Waals surface area contributed by atoms with Gasteiger partial charge >= 0.3 is 0 Å². The van der Waals surface area contributed by atoms with E-state index in [1.807, 2.05) is 0 Å². The Bertz CT molecular complexity index is 602. The zero-order chi connectivity index (χ0) is 14.5. The largest absolute Gasteiger partial charge is 0.481 e. The highest BCUT2D eigenvalue weighted by molar-refractivity contribution is 6.30. The monoisotopic (exact) mass is 310 g/mol. The number of ether oxygens (including phenoxy) is 1. The molecule has 0 radical (unpaired) electrons. The molecule has 0 unspecified atom stereocenters. The maximum Gasteiger partial charge on any atom is 0.266 e. The first-order valence-corrected chi connectivity index (χ1v) is 6.65. The number of pyridine rings is 1. The number of amides is 1. The van der Waals surface area contributed by atoms with Crippen LogP contribution < -0.4 is 10.1 Å². The number of carbonyl (C=O) groups is 1. The van der Waals surface area contributed by atoms with Gasteiger partial charge in [0.15, 0.2) is 6.10 Å². The summed E-state index contributed by atoms with van der Waals surface area (Å²) in [6.07, 6.45) is 0.783. The Kier molecular flexibility index (Phi) is 4.82. The molecule has 0 saturated heterocycles. The summed E-state index contributed by atoms with van der Waals surface area (Å²) >= 11 is 11.6. The van der Waals surface area contributed by atoms with Crippen molar-refractivity contribution in [3.05, 3.63) is 52.6 Å². The van der Waals surface area contributed by atoms with E-state index in [0.29, 0.717) is 21.6 Å². The van der Waals surface area contributed by atoms with Crippen molar-refractivity contribution in [1.29, 1.82) is 0 Å². The lowest BCUT2D eigenvalue weighted by Crippen LogP contribution is -2.30. The molecule has 0 fully saturated rings. The average Bonchev–Trinajstić information content (AvgIpc) is 2.41. The molecule has 0 aliphatic rings. The van der Waals surface area contributed by atoms with Crippen molar-refractivity contribution in [3.8, 4) is 5.75 Å². The van der Waals surface area contributed by atoms with Crippen molar-refractivity contribution in [2.24, 2.45) is 0 Å². The van der Waals surface area contributed by atoms with E-state index in [-0.39, 0.29) is 5.91 Å². The second-order valence-corrected chi connectivity index (χ2v) is 4.94. The van der Waals surface area contributed by atoms with Crippen LogP contribution in [-0.4, -0.2) is 17.0 Å². The van der Waals surface area contributed by atoms with Crippen LogP contribution in [0.3, 0.4) is 0 Å². The molecule has 104 valence electrons. The molecule has 6 heteroatoms. The van der Waals surface area contributed by atoms with Crippen LogP contribution in [0.2, 0.25) is 10.0 Å². The number of rotatable bonds is 4. The molecule has 1 aromatic carbocycles. The molecule has 0 saturated carbocycles. The van der Waals surface area contributed by atoms with E-state index in [9.17, 15) is 4.79 Å². The van der Waals surface area contributed by atoms with E-state index in [1.54, 1.807) is 43.3 Å². The van der Waals surface area contributed by atoms with Gasteiger partial charge in [-0.25, -0.2) is 4.98 Å². The molecule has 2 aromatic rings. The van der Waals surface area contributed by atoms with Crippen LogP contribution in [0.1, 0.15) is 6.92 Å². The minimum Gasteiger partial charge on any atom is -0.481 e. The number of hydrogen-bond acceptors (Lipinski definition) is 3. The van der Waals surface area contributed by atoms with Crippen LogP contribution in [-0.2, 0) is 4.79 Å². The lowest BCUT2D eigenvalue weighted by atomic mass is 10.3. The Balaban J connectivity index is 1.96. The molecule has 1 N–H and O–H groups in total. The molecule has 1 heterocycles. The smallest absolute Gasteiger partial charge is 0.266 e. The number of halogens is 2. The van der Waals surface area contributed by atoms with Gasteiger partial charge < -0.3 is 10.1 Å². The van der Waals surface area contributed by atoms with Gasteiger partial charge in [0.1, 0.15) is 11.6 Å². The van der Waals surface area contributed by atoms with E-state index in [4.69, 9.17) is 27.9 Å². The van der Waals surface area contributed by atoms with Gasteiger partial charge in [-0.15, -0.1) is 0 Å². The topological polar surface area (TPSA) is 51.2 Å². The first-order valence-electron chi connectivity index (χ1n) is 5.89. The Morgan fingerprint density at radius 3 is 2.70 bits per heavy atom.